The Bertz CT molecular complexity index is 351. The Kier molecular flexibility index (Phi) is 5.44. The number of hydrogen-bond acceptors (Lipinski definition) is 4. The van der Waals surface area contributed by atoms with Crippen LogP contribution in [0.4, 0.5) is 0 Å². The summed E-state index contributed by atoms with van der Waals surface area (Å²) in [6, 6.07) is 0.465. The van der Waals surface area contributed by atoms with Gasteiger partial charge >= 0.3 is 0 Å². The highest BCUT2D eigenvalue weighted by molar-refractivity contribution is 6.30. The number of piperidine rings is 1. The van der Waals surface area contributed by atoms with Crippen molar-refractivity contribution in [3.8, 4) is 0 Å². The maximum absolute atomic E-state index is 8.61. The lowest BCUT2D eigenvalue weighted by molar-refractivity contribution is 0.0648. The predicted octanol–water partition coefficient (Wildman–Crippen LogP) is 1.18. The molecule has 102 valence electrons. The maximum Gasteiger partial charge on any atom is 0.0785 e. The molecule has 5 nitrogen and oxygen atoms in total. The zero-order chi connectivity index (χ0) is 12.8. The van der Waals surface area contributed by atoms with Crippen molar-refractivity contribution in [2.24, 2.45) is 0 Å². The molecule has 1 aliphatic heterocycles. The van der Waals surface area contributed by atoms with E-state index in [-0.39, 0.29) is 6.61 Å². The Morgan fingerprint density at radius 2 is 2.17 bits per heavy atom. The molecule has 0 saturated carbocycles. The van der Waals surface area contributed by atoms with Crippen molar-refractivity contribution in [2.75, 3.05) is 39.5 Å². The first-order valence-corrected chi connectivity index (χ1v) is 6.78. The van der Waals surface area contributed by atoms with Gasteiger partial charge in [0, 0.05) is 25.8 Å². The standard InChI is InChI=1S/C12H20ClN3O2/c13-11-9-14-16(10-11)12-1-3-15(4-2-12)5-7-18-8-6-17/h9-10,12,17H,1-8H2. The summed E-state index contributed by atoms with van der Waals surface area (Å²) in [6.07, 6.45) is 5.78. The van der Waals surface area contributed by atoms with Crippen molar-refractivity contribution in [3.05, 3.63) is 17.4 Å². The highest BCUT2D eigenvalue weighted by atomic mass is 35.5. The number of ether oxygens (including phenoxy) is 1. The number of aliphatic hydroxyl groups excluding tert-OH is 1. The van der Waals surface area contributed by atoms with E-state index in [1.165, 1.54) is 0 Å². The third-order valence-corrected chi connectivity index (χ3v) is 3.48. The number of aromatic nitrogens is 2. The van der Waals surface area contributed by atoms with E-state index in [9.17, 15) is 0 Å². The van der Waals surface area contributed by atoms with Gasteiger partial charge in [-0.25, -0.2) is 0 Å². The van der Waals surface area contributed by atoms with E-state index in [0.717, 1.165) is 32.5 Å². The monoisotopic (exact) mass is 273 g/mol. The van der Waals surface area contributed by atoms with Crippen LogP contribution in [0.1, 0.15) is 18.9 Å². The first kappa shape index (κ1) is 13.8. The summed E-state index contributed by atoms with van der Waals surface area (Å²) in [5.41, 5.74) is 0. The lowest BCUT2D eigenvalue weighted by Crippen LogP contribution is -2.37. The lowest BCUT2D eigenvalue weighted by atomic mass is 10.1. The average Bonchev–Trinajstić information content (AvgIpc) is 2.82. The summed E-state index contributed by atoms with van der Waals surface area (Å²) in [5, 5.41) is 13.6. The molecule has 1 saturated heterocycles. The molecule has 0 atom stereocenters. The highest BCUT2D eigenvalue weighted by Crippen LogP contribution is 2.22. The topological polar surface area (TPSA) is 50.5 Å². The Morgan fingerprint density at radius 1 is 1.39 bits per heavy atom. The molecule has 1 fully saturated rings. The normalized spacial score (nSPS) is 18.3. The predicted molar refractivity (Wildman–Crippen MR) is 69.9 cm³/mol. The van der Waals surface area contributed by atoms with Crippen LogP contribution < -0.4 is 0 Å². The number of likely N-dealkylation sites (tertiary alicyclic amines) is 1. The van der Waals surface area contributed by atoms with Crippen LogP contribution in [0.3, 0.4) is 0 Å². The van der Waals surface area contributed by atoms with E-state index >= 15 is 0 Å². The molecule has 2 rings (SSSR count). The third kappa shape index (κ3) is 3.95. The molecule has 0 aliphatic carbocycles. The first-order valence-electron chi connectivity index (χ1n) is 6.40. The molecule has 1 aliphatic rings. The number of nitrogens with zero attached hydrogens (tertiary/aromatic N) is 3. The molecule has 0 aromatic carbocycles. The van der Waals surface area contributed by atoms with E-state index < -0.39 is 0 Å². The van der Waals surface area contributed by atoms with Crippen LogP contribution in [0.25, 0.3) is 0 Å². The van der Waals surface area contributed by atoms with Gasteiger partial charge in [-0.2, -0.15) is 5.10 Å². The van der Waals surface area contributed by atoms with Gasteiger partial charge in [0.15, 0.2) is 0 Å². The zero-order valence-corrected chi connectivity index (χ0v) is 11.2. The lowest BCUT2D eigenvalue weighted by Gasteiger charge is -2.31. The Labute approximate surface area is 112 Å². The van der Waals surface area contributed by atoms with Crippen molar-refractivity contribution in [1.29, 1.82) is 0 Å². The summed E-state index contributed by atoms with van der Waals surface area (Å²) in [4.78, 5) is 2.39. The molecule has 1 aromatic heterocycles. The number of rotatable bonds is 6. The second kappa shape index (κ2) is 7.09. The van der Waals surface area contributed by atoms with E-state index in [0.29, 0.717) is 24.3 Å². The van der Waals surface area contributed by atoms with Gasteiger partial charge in [-0.15, -0.1) is 0 Å². The minimum atomic E-state index is 0.0993. The van der Waals surface area contributed by atoms with Gasteiger partial charge in [-0.3, -0.25) is 4.68 Å². The molecule has 0 bridgehead atoms. The largest absolute Gasteiger partial charge is 0.394 e. The van der Waals surface area contributed by atoms with Crippen LogP contribution >= 0.6 is 11.6 Å². The molecular formula is C12H20ClN3O2. The van der Waals surface area contributed by atoms with Gasteiger partial charge in [0.1, 0.15) is 0 Å². The molecule has 1 aromatic rings. The molecule has 1 N–H and O–H groups in total. The SMILES string of the molecule is OCCOCCN1CCC(n2cc(Cl)cn2)CC1. The Morgan fingerprint density at radius 3 is 2.78 bits per heavy atom. The van der Waals surface area contributed by atoms with Crippen LogP contribution in [-0.4, -0.2) is 59.2 Å². The molecule has 0 amide bonds. The maximum atomic E-state index is 8.61. The van der Waals surface area contributed by atoms with Gasteiger partial charge in [-0.1, -0.05) is 11.6 Å². The fourth-order valence-electron chi connectivity index (χ4n) is 2.28. The van der Waals surface area contributed by atoms with Gasteiger partial charge in [0.05, 0.1) is 37.1 Å². The molecule has 0 unspecified atom stereocenters. The zero-order valence-electron chi connectivity index (χ0n) is 10.5. The molecule has 0 spiro atoms. The molecule has 2 heterocycles. The average molecular weight is 274 g/mol. The van der Waals surface area contributed by atoms with Crippen LogP contribution in [0.15, 0.2) is 12.4 Å². The van der Waals surface area contributed by atoms with Crippen LogP contribution in [0.5, 0.6) is 0 Å². The Balaban J connectivity index is 1.68. The summed E-state index contributed by atoms with van der Waals surface area (Å²) >= 11 is 5.88. The second-order valence-corrected chi connectivity index (χ2v) is 4.98. The fourth-order valence-corrected chi connectivity index (χ4v) is 2.43. The minimum Gasteiger partial charge on any atom is -0.394 e. The summed E-state index contributed by atoms with van der Waals surface area (Å²) < 4.78 is 7.25. The van der Waals surface area contributed by atoms with Crippen LogP contribution in [0.2, 0.25) is 5.02 Å². The van der Waals surface area contributed by atoms with Crippen LogP contribution in [0, 0.1) is 0 Å². The van der Waals surface area contributed by atoms with E-state index in [2.05, 4.69) is 10.00 Å². The second-order valence-electron chi connectivity index (χ2n) is 4.55. The van der Waals surface area contributed by atoms with Crippen molar-refractivity contribution in [2.45, 2.75) is 18.9 Å². The van der Waals surface area contributed by atoms with Gasteiger partial charge < -0.3 is 14.7 Å². The number of aliphatic hydroxyl groups is 1. The van der Waals surface area contributed by atoms with Crippen molar-refractivity contribution in [3.63, 3.8) is 0 Å². The number of halogens is 1. The van der Waals surface area contributed by atoms with Crippen LogP contribution in [-0.2, 0) is 4.74 Å². The van der Waals surface area contributed by atoms with E-state index in [1.54, 1.807) is 6.20 Å². The summed E-state index contributed by atoms with van der Waals surface area (Å²) in [6.45, 7) is 4.28. The van der Waals surface area contributed by atoms with E-state index in [1.807, 2.05) is 10.9 Å². The summed E-state index contributed by atoms with van der Waals surface area (Å²) in [7, 11) is 0. The fraction of sp³-hybridized carbons (Fsp3) is 0.750. The van der Waals surface area contributed by atoms with Crippen molar-refractivity contribution < 1.29 is 9.84 Å². The van der Waals surface area contributed by atoms with Crippen molar-refractivity contribution >= 4 is 11.6 Å². The third-order valence-electron chi connectivity index (χ3n) is 3.29. The molecule has 18 heavy (non-hydrogen) atoms. The quantitative estimate of drug-likeness (QED) is 0.791. The number of hydrogen-bond donors (Lipinski definition) is 1. The first-order chi connectivity index (χ1) is 8.79. The smallest absolute Gasteiger partial charge is 0.0785 e. The summed E-state index contributed by atoms with van der Waals surface area (Å²) in [5.74, 6) is 0. The molecule has 6 heteroatoms. The van der Waals surface area contributed by atoms with Gasteiger partial charge in [0.25, 0.3) is 0 Å². The van der Waals surface area contributed by atoms with Gasteiger partial charge in [-0.05, 0) is 12.8 Å². The van der Waals surface area contributed by atoms with Gasteiger partial charge in [0.2, 0.25) is 0 Å². The van der Waals surface area contributed by atoms with E-state index in [4.69, 9.17) is 21.4 Å². The minimum absolute atomic E-state index is 0.0993. The molecular weight excluding hydrogens is 254 g/mol. The molecule has 0 radical (unpaired) electrons. The Hall–Kier alpha value is -0.620. The highest BCUT2D eigenvalue weighted by Gasteiger charge is 2.20. The van der Waals surface area contributed by atoms with Crippen molar-refractivity contribution in [1.82, 2.24) is 14.7 Å².